The molecule has 1 aromatic carbocycles. The zero-order valence-electron chi connectivity index (χ0n) is 13.0. The molecule has 2 N–H and O–H groups in total. The van der Waals surface area contributed by atoms with Gasteiger partial charge in [-0.2, -0.15) is 0 Å². The van der Waals surface area contributed by atoms with E-state index in [0.29, 0.717) is 12.1 Å². The minimum absolute atomic E-state index is 0.0185. The Labute approximate surface area is 135 Å². The normalized spacial score (nSPS) is 17.9. The molecule has 1 saturated heterocycles. The Morgan fingerprint density at radius 3 is 2.43 bits per heavy atom. The zero-order valence-corrected chi connectivity index (χ0v) is 13.0. The van der Waals surface area contributed by atoms with Crippen molar-refractivity contribution in [3.05, 3.63) is 54.4 Å². The Kier molecular flexibility index (Phi) is 4.46. The first-order valence-electron chi connectivity index (χ1n) is 7.98. The van der Waals surface area contributed by atoms with E-state index in [2.05, 4.69) is 0 Å². The van der Waals surface area contributed by atoms with Crippen molar-refractivity contribution in [3.63, 3.8) is 0 Å². The van der Waals surface area contributed by atoms with Gasteiger partial charge in [0.2, 0.25) is 5.91 Å². The highest BCUT2D eigenvalue weighted by Crippen LogP contribution is 2.22. The average Bonchev–Trinajstić information content (AvgIpc) is 3.09. The van der Waals surface area contributed by atoms with Crippen LogP contribution in [-0.2, 0) is 4.79 Å². The van der Waals surface area contributed by atoms with E-state index in [1.54, 1.807) is 4.90 Å². The number of amides is 2. The lowest BCUT2D eigenvalue weighted by molar-refractivity contribution is -0.119. The van der Waals surface area contributed by atoms with Crippen LogP contribution >= 0.6 is 0 Å². The Bertz CT molecular complexity index is 677. The molecule has 1 aromatic heterocycles. The molecule has 23 heavy (non-hydrogen) atoms. The quantitative estimate of drug-likeness (QED) is 0.941. The maximum absolute atomic E-state index is 12.8. The van der Waals surface area contributed by atoms with E-state index in [0.717, 1.165) is 24.9 Å². The molecule has 1 fully saturated rings. The van der Waals surface area contributed by atoms with Gasteiger partial charge in [0.1, 0.15) is 0 Å². The van der Waals surface area contributed by atoms with Crippen molar-refractivity contribution in [3.8, 4) is 5.69 Å². The van der Waals surface area contributed by atoms with Crippen molar-refractivity contribution >= 4 is 11.8 Å². The predicted molar refractivity (Wildman–Crippen MR) is 88.3 cm³/mol. The lowest BCUT2D eigenvalue weighted by Crippen LogP contribution is -2.45. The van der Waals surface area contributed by atoms with Gasteiger partial charge in [0, 0.05) is 42.7 Å². The molecule has 5 nitrogen and oxygen atoms in total. The van der Waals surface area contributed by atoms with Crippen molar-refractivity contribution in [1.29, 1.82) is 0 Å². The van der Waals surface area contributed by atoms with E-state index in [1.165, 1.54) is 0 Å². The summed E-state index contributed by atoms with van der Waals surface area (Å²) in [5.74, 6) is -0.368. The minimum Gasteiger partial charge on any atom is -0.370 e. The highest BCUT2D eigenvalue weighted by molar-refractivity contribution is 5.95. The summed E-state index contributed by atoms with van der Waals surface area (Å²) in [6.07, 6.45) is 7.02. The van der Waals surface area contributed by atoms with Crippen LogP contribution in [0, 0.1) is 0 Å². The van der Waals surface area contributed by atoms with Crippen LogP contribution in [0.1, 0.15) is 36.0 Å². The minimum atomic E-state index is -0.349. The summed E-state index contributed by atoms with van der Waals surface area (Å²) >= 11 is 0. The maximum Gasteiger partial charge on any atom is 0.254 e. The van der Waals surface area contributed by atoms with E-state index in [4.69, 9.17) is 5.73 Å². The van der Waals surface area contributed by atoms with Crippen LogP contribution < -0.4 is 5.73 Å². The van der Waals surface area contributed by atoms with E-state index < -0.39 is 0 Å². The number of benzene rings is 1. The fourth-order valence-electron chi connectivity index (χ4n) is 3.16. The second kappa shape index (κ2) is 6.69. The van der Waals surface area contributed by atoms with Crippen LogP contribution in [0.25, 0.3) is 5.69 Å². The molecule has 1 aliphatic rings. The topological polar surface area (TPSA) is 68.3 Å². The van der Waals surface area contributed by atoms with E-state index in [1.807, 2.05) is 53.4 Å². The number of hydrogen-bond acceptors (Lipinski definition) is 2. The lowest BCUT2D eigenvalue weighted by atomic mass is 9.98. The van der Waals surface area contributed by atoms with Gasteiger partial charge < -0.3 is 15.2 Å². The molecule has 0 radical (unpaired) electrons. The van der Waals surface area contributed by atoms with Crippen molar-refractivity contribution in [2.45, 2.75) is 31.7 Å². The summed E-state index contributed by atoms with van der Waals surface area (Å²) < 4.78 is 1.99. The lowest BCUT2D eigenvalue weighted by Gasteiger charge is -2.35. The Morgan fingerprint density at radius 1 is 1.09 bits per heavy atom. The van der Waals surface area contributed by atoms with Crippen LogP contribution in [-0.4, -0.2) is 33.9 Å². The van der Waals surface area contributed by atoms with Crippen molar-refractivity contribution < 1.29 is 9.59 Å². The SMILES string of the molecule is NC(=O)C[C@H]1CCCCN1C(=O)c1ccc(-n2cccc2)cc1. The molecule has 2 amide bonds. The molecule has 3 rings (SSSR count). The van der Waals surface area contributed by atoms with Crippen LogP contribution in [0.3, 0.4) is 0 Å². The van der Waals surface area contributed by atoms with Gasteiger partial charge in [-0.3, -0.25) is 9.59 Å². The molecule has 1 aliphatic heterocycles. The average molecular weight is 311 g/mol. The Balaban J connectivity index is 1.77. The number of hydrogen-bond donors (Lipinski definition) is 1. The third-order valence-electron chi connectivity index (χ3n) is 4.34. The molecular weight excluding hydrogens is 290 g/mol. The Morgan fingerprint density at radius 2 is 1.78 bits per heavy atom. The van der Waals surface area contributed by atoms with Gasteiger partial charge in [0.15, 0.2) is 0 Å². The third kappa shape index (κ3) is 3.44. The van der Waals surface area contributed by atoms with Gasteiger partial charge in [-0.05, 0) is 55.7 Å². The number of carbonyl (C=O) groups excluding carboxylic acids is 2. The van der Waals surface area contributed by atoms with Crippen LogP contribution in [0.15, 0.2) is 48.8 Å². The number of primary amides is 1. The molecule has 0 aliphatic carbocycles. The van der Waals surface area contributed by atoms with E-state index in [-0.39, 0.29) is 24.3 Å². The van der Waals surface area contributed by atoms with Gasteiger partial charge >= 0.3 is 0 Å². The highest BCUT2D eigenvalue weighted by Gasteiger charge is 2.28. The zero-order chi connectivity index (χ0) is 16.2. The van der Waals surface area contributed by atoms with Gasteiger partial charge in [0.05, 0.1) is 0 Å². The summed E-state index contributed by atoms with van der Waals surface area (Å²) in [4.78, 5) is 25.8. The van der Waals surface area contributed by atoms with Crippen LogP contribution in [0.4, 0.5) is 0 Å². The third-order valence-corrected chi connectivity index (χ3v) is 4.34. The smallest absolute Gasteiger partial charge is 0.254 e. The summed E-state index contributed by atoms with van der Waals surface area (Å²) in [7, 11) is 0. The largest absolute Gasteiger partial charge is 0.370 e. The summed E-state index contributed by atoms with van der Waals surface area (Å²) in [5.41, 5.74) is 6.98. The van der Waals surface area contributed by atoms with Crippen LogP contribution in [0.2, 0.25) is 0 Å². The number of nitrogens with two attached hydrogens (primary N) is 1. The first-order valence-corrected chi connectivity index (χ1v) is 7.98. The number of likely N-dealkylation sites (tertiary alicyclic amines) is 1. The second-order valence-electron chi connectivity index (χ2n) is 5.96. The predicted octanol–water partition coefficient (Wildman–Crippen LogP) is 2.35. The second-order valence-corrected chi connectivity index (χ2v) is 5.96. The number of rotatable bonds is 4. The number of aromatic nitrogens is 1. The molecule has 1 atom stereocenters. The van der Waals surface area contributed by atoms with Crippen molar-refractivity contribution in [1.82, 2.24) is 9.47 Å². The number of piperidine rings is 1. The van der Waals surface area contributed by atoms with Crippen molar-refractivity contribution in [2.24, 2.45) is 5.73 Å². The monoisotopic (exact) mass is 311 g/mol. The highest BCUT2D eigenvalue weighted by atomic mass is 16.2. The summed E-state index contributed by atoms with van der Waals surface area (Å²) in [6, 6.07) is 11.4. The number of nitrogens with zero attached hydrogens (tertiary/aromatic N) is 2. The molecule has 2 aromatic rings. The van der Waals surface area contributed by atoms with Gasteiger partial charge in [-0.1, -0.05) is 0 Å². The molecule has 0 unspecified atom stereocenters. The Hall–Kier alpha value is -2.56. The molecule has 2 heterocycles. The van der Waals surface area contributed by atoms with Gasteiger partial charge in [0.25, 0.3) is 5.91 Å². The van der Waals surface area contributed by atoms with E-state index >= 15 is 0 Å². The summed E-state index contributed by atoms with van der Waals surface area (Å²) in [5, 5.41) is 0. The molecule has 120 valence electrons. The fourth-order valence-corrected chi connectivity index (χ4v) is 3.16. The van der Waals surface area contributed by atoms with Gasteiger partial charge in [-0.15, -0.1) is 0 Å². The van der Waals surface area contributed by atoms with E-state index in [9.17, 15) is 9.59 Å². The van der Waals surface area contributed by atoms with Gasteiger partial charge in [-0.25, -0.2) is 0 Å². The van der Waals surface area contributed by atoms with Crippen molar-refractivity contribution in [2.75, 3.05) is 6.54 Å². The first kappa shape index (κ1) is 15.3. The first-order chi connectivity index (χ1) is 11.1. The molecule has 0 bridgehead atoms. The molecule has 0 spiro atoms. The molecule has 0 saturated carbocycles. The standard InChI is InChI=1S/C18H21N3O2/c19-17(22)13-16-5-1-2-12-21(16)18(23)14-6-8-15(9-7-14)20-10-3-4-11-20/h3-4,6-11,16H,1-2,5,12-13H2,(H2,19,22)/t16-/m1/s1. The maximum atomic E-state index is 12.8. The van der Waals surface area contributed by atoms with Crippen LogP contribution in [0.5, 0.6) is 0 Å². The fraction of sp³-hybridized carbons (Fsp3) is 0.333. The molecule has 5 heteroatoms. The number of carbonyl (C=O) groups is 2. The summed E-state index contributed by atoms with van der Waals surface area (Å²) in [6.45, 7) is 0.691. The molecular formula is C18H21N3O2.